The molecule has 40 heavy (non-hydrogen) atoms. The fourth-order valence-corrected chi connectivity index (χ4v) is 5.72. The first kappa shape index (κ1) is 31.4. The number of hydrogen-bond donors (Lipinski definition) is 1. The molecule has 0 heterocycles. The van der Waals surface area contributed by atoms with Gasteiger partial charge < -0.3 is 10.2 Å². The number of nitrogens with one attached hydrogen (secondary N) is 1. The number of carbonyl (C=O) groups is 2. The molecule has 0 aliphatic carbocycles. The molecule has 1 N–H and O–H groups in total. The van der Waals surface area contributed by atoms with E-state index >= 15 is 0 Å². The summed E-state index contributed by atoms with van der Waals surface area (Å²) < 4.78 is 27.5. The van der Waals surface area contributed by atoms with Crippen LogP contribution in [0.5, 0.6) is 0 Å². The lowest BCUT2D eigenvalue weighted by atomic mass is 10.0. The van der Waals surface area contributed by atoms with Crippen LogP contribution in [0.1, 0.15) is 42.9 Å². The van der Waals surface area contributed by atoms with Crippen LogP contribution in [0.3, 0.4) is 0 Å². The van der Waals surface area contributed by atoms with E-state index in [1.807, 2.05) is 86.6 Å². The van der Waals surface area contributed by atoms with Crippen LogP contribution in [0.2, 0.25) is 0 Å². The molecule has 7 nitrogen and oxygen atoms in total. The minimum atomic E-state index is -3.55. The first-order valence-electron chi connectivity index (χ1n) is 13.5. The molecule has 0 saturated carbocycles. The van der Waals surface area contributed by atoms with Gasteiger partial charge in [0.05, 0.1) is 11.9 Å². The number of halogens is 1. The summed E-state index contributed by atoms with van der Waals surface area (Å²) in [6, 6.07) is 23.9. The zero-order chi connectivity index (χ0) is 29.1. The Labute approximate surface area is 246 Å². The molecule has 0 radical (unpaired) electrons. The van der Waals surface area contributed by atoms with E-state index in [-0.39, 0.29) is 31.3 Å². The zero-order valence-electron chi connectivity index (χ0n) is 23.3. The van der Waals surface area contributed by atoms with Gasteiger partial charge >= 0.3 is 0 Å². The van der Waals surface area contributed by atoms with Gasteiger partial charge in [-0.3, -0.25) is 13.9 Å². The van der Waals surface area contributed by atoms with Crippen molar-refractivity contribution in [1.29, 1.82) is 0 Å². The Morgan fingerprint density at radius 2 is 1.65 bits per heavy atom. The van der Waals surface area contributed by atoms with Crippen molar-refractivity contribution in [2.75, 3.05) is 23.7 Å². The minimum absolute atomic E-state index is 0.0979. The van der Waals surface area contributed by atoms with Crippen LogP contribution >= 0.6 is 15.9 Å². The van der Waals surface area contributed by atoms with Crippen molar-refractivity contribution >= 4 is 43.5 Å². The summed E-state index contributed by atoms with van der Waals surface area (Å²) in [5, 5.41) is 2.98. The van der Waals surface area contributed by atoms with Crippen molar-refractivity contribution in [3.63, 3.8) is 0 Å². The van der Waals surface area contributed by atoms with Gasteiger partial charge in [0.15, 0.2) is 0 Å². The molecular formula is C31H38BrN3O4S. The van der Waals surface area contributed by atoms with Gasteiger partial charge in [0.25, 0.3) is 0 Å². The SMILES string of the molecule is CCCNC(=O)C(Cc1ccccc1)N(Cc1ccc(Br)cc1)C(=O)CCCN(c1cccc(C)c1)S(C)(=O)=O. The van der Waals surface area contributed by atoms with Crippen molar-refractivity contribution in [3.8, 4) is 0 Å². The number of carbonyl (C=O) groups excluding carboxylic acids is 2. The average Bonchev–Trinajstić information content (AvgIpc) is 2.92. The molecule has 2 amide bonds. The Morgan fingerprint density at radius 3 is 2.27 bits per heavy atom. The van der Waals surface area contributed by atoms with E-state index in [0.29, 0.717) is 25.1 Å². The molecule has 1 unspecified atom stereocenters. The number of nitrogens with zero attached hydrogens (tertiary/aromatic N) is 2. The Hall–Kier alpha value is -3.17. The fourth-order valence-electron chi connectivity index (χ4n) is 4.49. The van der Waals surface area contributed by atoms with Crippen molar-refractivity contribution in [2.45, 2.75) is 52.1 Å². The normalized spacial score (nSPS) is 12.0. The van der Waals surface area contributed by atoms with Gasteiger partial charge in [-0.1, -0.05) is 77.5 Å². The van der Waals surface area contributed by atoms with Crippen LogP contribution in [-0.4, -0.2) is 50.5 Å². The van der Waals surface area contributed by atoms with Crippen LogP contribution in [0.15, 0.2) is 83.3 Å². The third-order valence-electron chi connectivity index (χ3n) is 6.53. The molecule has 214 valence electrons. The van der Waals surface area contributed by atoms with Gasteiger partial charge in [0.2, 0.25) is 21.8 Å². The highest BCUT2D eigenvalue weighted by atomic mass is 79.9. The van der Waals surface area contributed by atoms with Crippen molar-refractivity contribution in [3.05, 3.63) is 100 Å². The highest BCUT2D eigenvalue weighted by Crippen LogP contribution is 2.21. The Morgan fingerprint density at radius 1 is 0.950 bits per heavy atom. The summed E-state index contributed by atoms with van der Waals surface area (Å²) in [6.07, 6.45) is 2.74. The minimum Gasteiger partial charge on any atom is -0.354 e. The van der Waals surface area contributed by atoms with Crippen LogP contribution in [0.25, 0.3) is 0 Å². The molecule has 0 spiro atoms. The van der Waals surface area contributed by atoms with Crippen LogP contribution < -0.4 is 9.62 Å². The number of anilines is 1. The van der Waals surface area contributed by atoms with Crippen LogP contribution in [-0.2, 0) is 32.6 Å². The Bertz CT molecular complexity index is 1360. The van der Waals surface area contributed by atoms with E-state index < -0.39 is 16.1 Å². The molecule has 0 fully saturated rings. The molecular weight excluding hydrogens is 590 g/mol. The maximum Gasteiger partial charge on any atom is 0.243 e. The number of sulfonamides is 1. The Balaban J connectivity index is 1.86. The maximum atomic E-state index is 13.8. The van der Waals surface area contributed by atoms with Crippen molar-refractivity contribution < 1.29 is 18.0 Å². The monoisotopic (exact) mass is 627 g/mol. The zero-order valence-corrected chi connectivity index (χ0v) is 25.7. The van der Waals surface area contributed by atoms with Gasteiger partial charge in [-0.2, -0.15) is 0 Å². The average molecular weight is 629 g/mol. The summed E-state index contributed by atoms with van der Waals surface area (Å²) >= 11 is 3.45. The van der Waals surface area contributed by atoms with Gasteiger partial charge in [-0.25, -0.2) is 8.42 Å². The molecule has 3 rings (SSSR count). The summed E-state index contributed by atoms with van der Waals surface area (Å²) in [5.41, 5.74) is 3.37. The first-order chi connectivity index (χ1) is 19.1. The van der Waals surface area contributed by atoms with E-state index in [0.717, 1.165) is 27.6 Å². The topological polar surface area (TPSA) is 86.8 Å². The molecule has 0 aromatic heterocycles. The first-order valence-corrected chi connectivity index (χ1v) is 16.1. The van der Waals surface area contributed by atoms with E-state index in [1.165, 1.54) is 10.6 Å². The molecule has 0 aliphatic rings. The second-order valence-electron chi connectivity index (χ2n) is 9.92. The summed E-state index contributed by atoms with van der Waals surface area (Å²) in [6.45, 7) is 4.83. The predicted octanol–water partition coefficient (Wildman–Crippen LogP) is 5.47. The summed E-state index contributed by atoms with van der Waals surface area (Å²) in [7, 11) is -3.55. The van der Waals surface area contributed by atoms with Crippen LogP contribution in [0.4, 0.5) is 5.69 Å². The quantitative estimate of drug-likeness (QED) is 0.257. The lowest BCUT2D eigenvalue weighted by Crippen LogP contribution is -2.50. The number of rotatable bonds is 14. The van der Waals surface area contributed by atoms with Crippen molar-refractivity contribution in [2.24, 2.45) is 0 Å². The number of amides is 2. The molecule has 9 heteroatoms. The molecule has 3 aromatic rings. The van der Waals surface area contributed by atoms with Gasteiger partial charge in [0.1, 0.15) is 6.04 Å². The van der Waals surface area contributed by atoms with Crippen LogP contribution in [0, 0.1) is 6.92 Å². The van der Waals surface area contributed by atoms with E-state index in [4.69, 9.17) is 0 Å². The van der Waals surface area contributed by atoms with Crippen molar-refractivity contribution in [1.82, 2.24) is 10.2 Å². The Kier molecular flexibility index (Phi) is 11.8. The lowest BCUT2D eigenvalue weighted by Gasteiger charge is -2.32. The molecule has 0 aliphatic heterocycles. The van der Waals surface area contributed by atoms with E-state index in [2.05, 4.69) is 21.2 Å². The maximum absolute atomic E-state index is 13.8. The molecule has 0 saturated heterocycles. The van der Waals surface area contributed by atoms with E-state index in [9.17, 15) is 18.0 Å². The largest absolute Gasteiger partial charge is 0.354 e. The number of aryl methyl sites for hydroxylation is 1. The van der Waals surface area contributed by atoms with E-state index in [1.54, 1.807) is 11.0 Å². The second kappa shape index (κ2) is 15.0. The second-order valence-corrected chi connectivity index (χ2v) is 12.7. The summed E-state index contributed by atoms with van der Waals surface area (Å²) in [5.74, 6) is -0.401. The summed E-state index contributed by atoms with van der Waals surface area (Å²) in [4.78, 5) is 28.9. The molecule has 0 bridgehead atoms. The molecule has 3 aromatic carbocycles. The fraction of sp³-hybridized carbons (Fsp3) is 0.355. The van der Waals surface area contributed by atoms with Gasteiger partial charge in [0, 0.05) is 36.9 Å². The highest BCUT2D eigenvalue weighted by Gasteiger charge is 2.30. The predicted molar refractivity (Wildman–Crippen MR) is 165 cm³/mol. The highest BCUT2D eigenvalue weighted by molar-refractivity contribution is 9.10. The number of benzene rings is 3. The molecule has 1 atom stereocenters. The smallest absolute Gasteiger partial charge is 0.243 e. The van der Waals surface area contributed by atoms with Gasteiger partial charge in [-0.05, 0) is 60.7 Å². The standard InChI is InChI=1S/C31H38BrN3O4S/c1-4-19-33-31(37)29(22-25-11-6-5-7-12-25)34(23-26-15-17-27(32)18-16-26)30(36)14-9-20-35(40(3,38)39)28-13-8-10-24(2)21-28/h5-8,10-13,15-18,21,29H,4,9,14,19-20,22-23H2,1-3H3,(H,33,37). The lowest BCUT2D eigenvalue weighted by molar-refractivity contribution is -0.141. The third kappa shape index (κ3) is 9.48. The van der Waals surface area contributed by atoms with Gasteiger partial charge in [-0.15, -0.1) is 0 Å². The number of hydrogen-bond acceptors (Lipinski definition) is 4. The third-order valence-corrected chi connectivity index (χ3v) is 8.25.